The topological polar surface area (TPSA) is 72.5 Å². The van der Waals surface area contributed by atoms with Gasteiger partial charge in [0.1, 0.15) is 18.1 Å². The van der Waals surface area contributed by atoms with E-state index in [0.717, 1.165) is 36.3 Å². The Hall–Kier alpha value is -2.67. The number of benzene rings is 1. The van der Waals surface area contributed by atoms with E-state index in [2.05, 4.69) is 15.6 Å². The number of nitrogens with zero attached hydrogens (tertiary/aromatic N) is 1. The monoisotopic (exact) mass is 385 g/mol. The molecule has 148 valence electrons. The van der Waals surface area contributed by atoms with Crippen LogP contribution in [-0.4, -0.2) is 42.8 Å². The number of aromatic nitrogens is 1. The number of nitrogens with one attached hydrogen (secondary N) is 2. The van der Waals surface area contributed by atoms with Gasteiger partial charge in [0, 0.05) is 13.2 Å². The van der Waals surface area contributed by atoms with Crippen LogP contribution < -0.4 is 15.4 Å². The number of rotatable bonds is 5. The second kappa shape index (κ2) is 8.14. The second-order valence-corrected chi connectivity index (χ2v) is 7.35. The number of anilines is 1. The molecule has 1 fully saturated rings. The second-order valence-electron chi connectivity index (χ2n) is 7.35. The number of hydrogen-bond donors (Lipinski definition) is 2. The lowest BCUT2D eigenvalue weighted by atomic mass is 10.0. The fourth-order valence-corrected chi connectivity index (χ4v) is 3.51. The average Bonchev–Trinajstić information content (AvgIpc) is 3.21. The van der Waals surface area contributed by atoms with Gasteiger partial charge in [-0.15, -0.1) is 0 Å². The molecule has 1 amide bonds. The van der Waals surface area contributed by atoms with Crippen molar-refractivity contribution in [2.75, 3.05) is 25.1 Å². The molecule has 0 bridgehead atoms. The zero-order chi connectivity index (χ0) is 19.5. The van der Waals surface area contributed by atoms with E-state index in [9.17, 15) is 9.18 Å². The Balaban J connectivity index is 1.60. The molecule has 0 aliphatic carbocycles. The van der Waals surface area contributed by atoms with Crippen molar-refractivity contribution in [3.05, 3.63) is 53.0 Å². The molecule has 2 aliphatic rings. The number of hydrogen-bond acceptors (Lipinski definition) is 5. The van der Waals surface area contributed by atoms with Crippen molar-refractivity contribution in [3.8, 4) is 5.88 Å². The number of pyridine rings is 1. The van der Waals surface area contributed by atoms with E-state index in [0.29, 0.717) is 31.1 Å². The molecule has 2 N–H and O–H groups in total. The summed E-state index contributed by atoms with van der Waals surface area (Å²) in [6.45, 7) is 3.72. The first-order valence-electron chi connectivity index (χ1n) is 9.66. The highest BCUT2D eigenvalue weighted by Gasteiger charge is 2.24. The molecular weight excluding hydrogens is 361 g/mol. The zero-order valence-electron chi connectivity index (χ0n) is 15.8. The zero-order valence-corrected chi connectivity index (χ0v) is 15.8. The van der Waals surface area contributed by atoms with E-state index in [1.807, 2.05) is 13.0 Å². The van der Waals surface area contributed by atoms with Crippen LogP contribution in [0.5, 0.6) is 5.88 Å². The molecule has 7 heteroatoms. The molecule has 2 aromatic rings. The first-order chi connectivity index (χ1) is 13.6. The molecule has 2 atom stereocenters. The molecule has 4 rings (SSSR count). The third kappa shape index (κ3) is 4.25. The Morgan fingerprint density at radius 2 is 2.18 bits per heavy atom. The molecule has 1 saturated heterocycles. The predicted molar refractivity (Wildman–Crippen MR) is 103 cm³/mol. The van der Waals surface area contributed by atoms with Gasteiger partial charge in [0.05, 0.1) is 17.8 Å². The van der Waals surface area contributed by atoms with Gasteiger partial charge in [-0.1, -0.05) is 12.1 Å². The summed E-state index contributed by atoms with van der Waals surface area (Å²) in [5.74, 6) is -0.105. The van der Waals surface area contributed by atoms with Gasteiger partial charge in [-0.2, -0.15) is 0 Å². The Bertz CT molecular complexity index is 851. The first-order valence-corrected chi connectivity index (χ1v) is 9.66. The molecule has 1 aromatic heterocycles. The standard InChI is InChI=1S/C21H24FN3O3/c1-13-12-28-21-18(24-13)10-15(9-14-4-6-16(22)7-5-14)19(25-21)20(26)23-11-17-3-2-8-27-17/h4-7,10,13,17,24H,2-3,8-9,11-12H2,1H3,(H,23,26)/t13-,17-/m0/s1. The van der Waals surface area contributed by atoms with Gasteiger partial charge in [-0.3, -0.25) is 4.79 Å². The number of fused-ring (bicyclic) bond motifs is 1. The van der Waals surface area contributed by atoms with Crippen LogP contribution in [0.4, 0.5) is 10.1 Å². The van der Waals surface area contributed by atoms with Crippen molar-refractivity contribution in [1.82, 2.24) is 10.3 Å². The van der Waals surface area contributed by atoms with Crippen LogP contribution in [0.2, 0.25) is 0 Å². The van der Waals surface area contributed by atoms with Crippen molar-refractivity contribution >= 4 is 11.6 Å². The van der Waals surface area contributed by atoms with E-state index in [-0.39, 0.29) is 23.9 Å². The fraction of sp³-hybridized carbons (Fsp3) is 0.429. The summed E-state index contributed by atoms with van der Waals surface area (Å²) >= 11 is 0. The van der Waals surface area contributed by atoms with Crippen LogP contribution in [0, 0.1) is 5.82 Å². The number of halogens is 1. The third-order valence-corrected chi connectivity index (χ3v) is 4.98. The normalized spacial score (nSPS) is 20.8. The van der Waals surface area contributed by atoms with Gasteiger partial charge in [0.2, 0.25) is 5.88 Å². The van der Waals surface area contributed by atoms with Gasteiger partial charge in [-0.05, 0) is 55.5 Å². The first kappa shape index (κ1) is 18.7. The summed E-state index contributed by atoms with van der Waals surface area (Å²) in [5, 5.41) is 6.27. The highest BCUT2D eigenvalue weighted by atomic mass is 19.1. The Morgan fingerprint density at radius 3 is 2.93 bits per heavy atom. The molecule has 28 heavy (non-hydrogen) atoms. The summed E-state index contributed by atoms with van der Waals surface area (Å²) in [7, 11) is 0. The minimum Gasteiger partial charge on any atom is -0.474 e. The van der Waals surface area contributed by atoms with Crippen molar-refractivity contribution in [3.63, 3.8) is 0 Å². The maximum atomic E-state index is 13.2. The summed E-state index contributed by atoms with van der Waals surface area (Å²) in [6, 6.07) is 8.34. The molecule has 3 heterocycles. The Kier molecular flexibility index (Phi) is 5.43. The number of carbonyl (C=O) groups excluding carboxylic acids is 1. The summed E-state index contributed by atoms with van der Waals surface area (Å²) < 4.78 is 24.5. The van der Waals surface area contributed by atoms with Crippen LogP contribution in [-0.2, 0) is 11.2 Å². The Labute approximate surface area is 163 Å². The highest BCUT2D eigenvalue weighted by Crippen LogP contribution is 2.30. The van der Waals surface area contributed by atoms with E-state index in [1.165, 1.54) is 12.1 Å². The Morgan fingerprint density at radius 1 is 1.36 bits per heavy atom. The van der Waals surface area contributed by atoms with Crippen LogP contribution >= 0.6 is 0 Å². The molecule has 0 spiro atoms. The maximum Gasteiger partial charge on any atom is 0.270 e. The smallest absolute Gasteiger partial charge is 0.270 e. The quantitative estimate of drug-likeness (QED) is 0.828. The van der Waals surface area contributed by atoms with Gasteiger partial charge in [0.25, 0.3) is 5.91 Å². The summed E-state index contributed by atoms with van der Waals surface area (Å²) in [4.78, 5) is 17.3. The SMILES string of the molecule is C[C@H]1COc2nc(C(=O)NC[C@@H]3CCCO3)c(Cc3ccc(F)cc3)cc2N1. The maximum absolute atomic E-state index is 13.2. The van der Waals surface area contributed by atoms with Gasteiger partial charge < -0.3 is 20.1 Å². The highest BCUT2D eigenvalue weighted by molar-refractivity contribution is 5.94. The molecule has 0 radical (unpaired) electrons. The molecular formula is C21H24FN3O3. The number of amides is 1. The van der Waals surface area contributed by atoms with Crippen molar-refractivity contribution in [2.45, 2.75) is 38.3 Å². The van der Waals surface area contributed by atoms with Crippen LogP contribution in [0.25, 0.3) is 0 Å². The average molecular weight is 385 g/mol. The van der Waals surface area contributed by atoms with Crippen LogP contribution in [0.3, 0.4) is 0 Å². The molecule has 0 saturated carbocycles. The van der Waals surface area contributed by atoms with Gasteiger partial charge >= 0.3 is 0 Å². The summed E-state index contributed by atoms with van der Waals surface area (Å²) in [5.41, 5.74) is 2.77. The van der Waals surface area contributed by atoms with E-state index in [4.69, 9.17) is 9.47 Å². The predicted octanol–water partition coefficient (Wildman–Crippen LogP) is 2.91. The third-order valence-electron chi connectivity index (χ3n) is 4.98. The van der Waals surface area contributed by atoms with Crippen LogP contribution in [0.15, 0.2) is 30.3 Å². The fourth-order valence-electron chi connectivity index (χ4n) is 3.51. The lowest BCUT2D eigenvalue weighted by Crippen LogP contribution is -2.34. The van der Waals surface area contributed by atoms with Crippen molar-refractivity contribution in [1.29, 1.82) is 0 Å². The van der Waals surface area contributed by atoms with Crippen LogP contribution in [0.1, 0.15) is 41.4 Å². The summed E-state index contributed by atoms with van der Waals surface area (Å²) in [6.07, 6.45) is 2.50. The minimum atomic E-state index is -0.286. The molecule has 1 aromatic carbocycles. The van der Waals surface area contributed by atoms with Crippen molar-refractivity contribution < 1.29 is 18.7 Å². The molecule has 0 unspecified atom stereocenters. The molecule has 6 nitrogen and oxygen atoms in total. The number of ether oxygens (including phenoxy) is 2. The van der Waals surface area contributed by atoms with Crippen molar-refractivity contribution in [2.24, 2.45) is 0 Å². The van der Waals surface area contributed by atoms with Gasteiger partial charge in [-0.25, -0.2) is 9.37 Å². The largest absolute Gasteiger partial charge is 0.474 e. The minimum absolute atomic E-state index is 0.0564. The molecule has 2 aliphatic heterocycles. The lowest BCUT2D eigenvalue weighted by Gasteiger charge is -2.25. The number of carbonyl (C=O) groups is 1. The van der Waals surface area contributed by atoms with E-state index in [1.54, 1.807) is 12.1 Å². The van der Waals surface area contributed by atoms with E-state index >= 15 is 0 Å². The van der Waals surface area contributed by atoms with Gasteiger partial charge in [0.15, 0.2) is 0 Å². The van der Waals surface area contributed by atoms with E-state index < -0.39 is 0 Å². The lowest BCUT2D eigenvalue weighted by molar-refractivity contribution is 0.0852.